The first kappa shape index (κ1) is 11.2. The SMILES string of the molecule is [2H]C([2H])([2H])c1ccc2cc3sc4c(-c5ccccc5C)[n+](C)cc(C([2H])([2H])[2H])c4c3cc2c1. The predicted octanol–water partition coefficient (Wildman–Crippen LogP) is 6.62. The monoisotopic (exact) mass is 374 g/mol. The Bertz CT molecular complexity index is 1560. The van der Waals surface area contributed by atoms with E-state index in [1.165, 1.54) is 0 Å². The van der Waals surface area contributed by atoms with E-state index < -0.39 is 13.7 Å². The van der Waals surface area contributed by atoms with Gasteiger partial charge in [0, 0.05) is 29.3 Å². The second kappa shape index (κ2) is 5.90. The maximum absolute atomic E-state index is 8.21. The Morgan fingerprint density at radius 3 is 2.63 bits per heavy atom. The van der Waals surface area contributed by atoms with Crippen LogP contribution in [0.15, 0.2) is 60.8 Å². The summed E-state index contributed by atoms with van der Waals surface area (Å²) in [5.74, 6) is 0. The number of hydrogen-bond acceptors (Lipinski definition) is 1. The molecular formula is C25H22NS+. The van der Waals surface area contributed by atoms with Crippen LogP contribution in [0.1, 0.15) is 24.9 Å². The van der Waals surface area contributed by atoms with Crippen molar-refractivity contribution in [1.82, 2.24) is 0 Å². The highest BCUT2D eigenvalue weighted by atomic mass is 32.1. The molecule has 0 spiro atoms. The van der Waals surface area contributed by atoms with Gasteiger partial charge in [-0.25, -0.2) is 0 Å². The van der Waals surface area contributed by atoms with Crippen LogP contribution in [0.3, 0.4) is 0 Å². The van der Waals surface area contributed by atoms with E-state index in [9.17, 15) is 0 Å². The van der Waals surface area contributed by atoms with Crippen LogP contribution in [0, 0.1) is 20.6 Å². The molecule has 2 aromatic heterocycles. The molecule has 0 radical (unpaired) electrons. The predicted molar refractivity (Wildman–Crippen MR) is 118 cm³/mol. The molecule has 0 saturated carbocycles. The Morgan fingerprint density at radius 2 is 1.81 bits per heavy atom. The first-order valence-electron chi connectivity index (χ1n) is 11.8. The molecule has 0 unspecified atom stereocenters. The van der Waals surface area contributed by atoms with E-state index in [0.29, 0.717) is 10.9 Å². The average Bonchev–Trinajstić information content (AvgIpc) is 3.08. The van der Waals surface area contributed by atoms with Crippen molar-refractivity contribution in [2.24, 2.45) is 7.05 Å². The summed E-state index contributed by atoms with van der Waals surface area (Å²) in [6.07, 6.45) is 1.71. The molecule has 0 bridgehead atoms. The summed E-state index contributed by atoms with van der Waals surface area (Å²) in [5.41, 5.74) is 3.72. The van der Waals surface area contributed by atoms with Gasteiger partial charge in [0.25, 0.3) is 0 Å². The third kappa shape index (κ3) is 2.48. The van der Waals surface area contributed by atoms with Crippen molar-refractivity contribution >= 4 is 42.3 Å². The third-order valence-electron chi connectivity index (χ3n) is 5.21. The number of nitrogens with zero attached hydrogens (tertiary/aromatic N) is 1. The molecule has 3 aromatic carbocycles. The zero-order chi connectivity index (χ0) is 23.7. The van der Waals surface area contributed by atoms with Gasteiger partial charge in [0.1, 0.15) is 11.7 Å². The summed E-state index contributed by atoms with van der Waals surface area (Å²) in [6.45, 7) is -2.43. The van der Waals surface area contributed by atoms with Crippen LogP contribution >= 0.6 is 11.3 Å². The minimum absolute atomic E-state index is 0.275. The van der Waals surface area contributed by atoms with Gasteiger partial charge in [-0.15, -0.1) is 11.3 Å². The van der Waals surface area contributed by atoms with Crippen LogP contribution < -0.4 is 4.57 Å². The normalized spacial score (nSPS) is 15.9. The van der Waals surface area contributed by atoms with E-state index in [1.54, 1.807) is 29.7 Å². The number of fused-ring (bicyclic) bond motifs is 4. The first-order valence-corrected chi connectivity index (χ1v) is 9.66. The summed E-state index contributed by atoms with van der Waals surface area (Å²) >= 11 is 1.58. The van der Waals surface area contributed by atoms with Gasteiger partial charge in [0.05, 0.1) is 5.56 Å². The molecule has 2 heteroatoms. The number of thiophene rings is 1. The van der Waals surface area contributed by atoms with E-state index >= 15 is 0 Å². The molecular weight excluding hydrogens is 346 g/mol. The number of hydrogen-bond donors (Lipinski definition) is 0. The molecule has 0 fully saturated rings. The Hall–Kier alpha value is -2.71. The van der Waals surface area contributed by atoms with E-state index in [0.717, 1.165) is 42.4 Å². The molecule has 0 aliphatic carbocycles. The topological polar surface area (TPSA) is 3.88 Å². The van der Waals surface area contributed by atoms with Crippen molar-refractivity contribution in [2.75, 3.05) is 0 Å². The lowest BCUT2D eigenvalue weighted by atomic mass is 10.00. The van der Waals surface area contributed by atoms with Crippen LogP contribution in [-0.2, 0) is 7.05 Å². The van der Waals surface area contributed by atoms with Gasteiger partial charge in [-0.2, -0.15) is 4.57 Å². The highest BCUT2D eigenvalue weighted by Crippen LogP contribution is 2.41. The zero-order valence-electron chi connectivity index (χ0n) is 21.1. The quantitative estimate of drug-likeness (QED) is 0.290. The number of aromatic nitrogens is 1. The molecule has 0 amide bonds. The first-order chi connectivity index (χ1) is 15.4. The van der Waals surface area contributed by atoms with E-state index in [2.05, 4.69) is 19.1 Å². The maximum atomic E-state index is 8.21. The van der Waals surface area contributed by atoms with Gasteiger partial charge < -0.3 is 0 Å². The van der Waals surface area contributed by atoms with Crippen molar-refractivity contribution in [3.63, 3.8) is 0 Å². The molecule has 1 nitrogen and oxygen atoms in total. The lowest BCUT2D eigenvalue weighted by molar-refractivity contribution is -0.659. The van der Waals surface area contributed by atoms with Crippen LogP contribution in [0.4, 0.5) is 0 Å². The van der Waals surface area contributed by atoms with Crippen LogP contribution in [0.5, 0.6) is 0 Å². The molecule has 0 aliphatic heterocycles. The van der Waals surface area contributed by atoms with Crippen LogP contribution in [0.25, 0.3) is 42.2 Å². The Balaban J connectivity index is 1.95. The molecule has 132 valence electrons. The minimum Gasteiger partial charge on any atom is -0.200 e. The third-order valence-corrected chi connectivity index (χ3v) is 6.37. The molecule has 0 aliphatic rings. The van der Waals surface area contributed by atoms with Gasteiger partial charge in [-0.1, -0.05) is 42.0 Å². The second-order valence-corrected chi connectivity index (χ2v) is 8.09. The van der Waals surface area contributed by atoms with Gasteiger partial charge in [-0.05, 0) is 55.2 Å². The Labute approximate surface area is 171 Å². The van der Waals surface area contributed by atoms with Gasteiger partial charge in [-0.3, -0.25) is 0 Å². The molecule has 5 rings (SSSR count). The number of pyridine rings is 1. The van der Waals surface area contributed by atoms with E-state index in [1.807, 2.05) is 41.9 Å². The van der Waals surface area contributed by atoms with Gasteiger partial charge in [0.15, 0.2) is 6.20 Å². The smallest absolute Gasteiger partial charge is 0.200 e. The highest BCUT2D eigenvalue weighted by Gasteiger charge is 2.22. The fourth-order valence-corrected chi connectivity index (χ4v) is 5.26. The van der Waals surface area contributed by atoms with Crippen molar-refractivity contribution in [3.8, 4) is 11.3 Å². The maximum Gasteiger partial charge on any atom is 0.230 e. The largest absolute Gasteiger partial charge is 0.230 e. The molecule has 0 saturated heterocycles. The summed E-state index contributed by atoms with van der Waals surface area (Å²) in [7, 11) is 1.89. The van der Waals surface area contributed by atoms with Crippen molar-refractivity contribution in [2.45, 2.75) is 20.6 Å². The van der Waals surface area contributed by atoms with E-state index in [4.69, 9.17) is 8.22 Å². The molecule has 0 N–H and O–H groups in total. The van der Waals surface area contributed by atoms with Gasteiger partial charge >= 0.3 is 0 Å². The second-order valence-electron chi connectivity index (χ2n) is 7.03. The minimum atomic E-state index is -2.29. The van der Waals surface area contributed by atoms with Crippen LogP contribution in [0.2, 0.25) is 0 Å². The fourth-order valence-electron chi connectivity index (χ4n) is 3.91. The van der Waals surface area contributed by atoms with Crippen molar-refractivity contribution < 1.29 is 12.8 Å². The number of benzene rings is 3. The van der Waals surface area contributed by atoms with Crippen LogP contribution in [-0.4, -0.2) is 0 Å². The molecule has 5 aromatic rings. The summed E-state index contributed by atoms with van der Waals surface area (Å²) in [6, 6.07) is 17.2. The van der Waals surface area contributed by atoms with Crippen molar-refractivity contribution in [1.29, 1.82) is 0 Å². The summed E-state index contributed by atoms with van der Waals surface area (Å²) < 4.78 is 51.7. The summed E-state index contributed by atoms with van der Waals surface area (Å²) in [5, 5.41) is 3.27. The van der Waals surface area contributed by atoms with E-state index in [-0.39, 0.29) is 5.56 Å². The fraction of sp³-hybridized carbons (Fsp3) is 0.160. The molecule has 2 heterocycles. The Morgan fingerprint density at radius 1 is 0.926 bits per heavy atom. The van der Waals surface area contributed by atoms with Crippen molar-refractivity contribution in [3.05, 3.63) is 77.5 Å². The summed E-state index contributed by atoms with van der Waals surface area (Å²) in [4.78, 5) is 0. The zero-order valence-corrected chi connectivity index (χ0v) is 15.9. The standard InChI is InChI=1S/C25H22NS/c1-15-9-10-18-13-22-21(12-19(18)11-15)23-17(3)14-26(4)24(25(23)27-22)20-8-6-5-7-16(20)2/h5-14H,1-4H3/q+1/i1D3,3D3. The lowest BCUT2D eigenvalue weighted by Gasteiger charge is -2.07. The lowest BCUT2D eigenvalue weighted by Crippen LogP contribution is -2.31. The highest BCUT2D eigenvalue weighted by molar-refractivity contribution is 7.26. The number of aryl methyl sites for hydroxylation is 4. The average molecular weight is 375 g/mol. The molecule has 0 atom stereocenters. The van der Waals surface area contributed by atoms with Gasteiger partial charge in [0.2, 0.25) is 5.69 Å². The Kier molecular flexibility index (Phi) is 2.45. The number of rotatable bonds is 1. The molecule has 27 heavy (non-hydrogen) atoms.